The number of nitrogens with zero attached hydrogens (tertiary/aromatic N) is 3. The molecule has 0 fully saturated rings. The molecule has 0 amide bonds. The van der Waals surface area contributed by atoms with Crippen LogP contribution in [0.1, 0.15) is 20.9 Å². The van der Waals surface area contributed by atoms with Crippen LogP contribution in [-0.2, 0) is 11.3 Å². The van der Waals surface area contributed by atoms with Gasteiger partial charge in [-0.05, 0) is 29.8 Å². The van der Waals surface area contributed by atoms with Crippen molar-refractivity contribution in [2.24, 2.45) is 0 Å². The molecule has 3 aromatic heterocycles. The van der Waals surface area contributed by atoms with Crippen molar-refractivity contribution in [3.63, 3.8) is 0 Å². The number of aromatic nitrogens is 3. The van der Waals surface area contributed by atoms with Crippen LogP contribution in [0.3, 0.4) is 0 Å². The fraction of sp³-hybridized carbons (Fsp3) is 0.111. The van der Waals surface area contributed by atoms with E-state index in [2.05, 4.69) is 21.0 Å². The van der Waals surface area contributed by atoms with Gasteiger partial charge in [0.2, 0.25) is 0 Å². The first-order chi connectivity index (χ1) is 12.2. The normalized spacial score (nSPS) is 10.9. The van der Waals surface area contributed by atoms with Crippen LogP contribution in [0.4, 0.5) is 0 Å². The van der Waals surface area contributed by atoms with E-state index in [0.717, 1.165) is 10.9 Å². The second-order valence-corrected chi connectivity index (χ2v) is 7.25. The Morgan fingerprint density at radius 1 is 1.16 bits per heavy atom. The van der Waals surface area contributed by atoms with Crippen molar-refractivity contribution < 1.29 is 9.53 Å². The molecular formula is C18H13N3O2S2. The van der Waals surface area contributed by atoms with Gasteiger partial charge in [0.25, 0.3) is 0 Å². The third-order valence-corrected chi connectivity index (χ3v) is 5.80. The van der Waals surface area contributed by atoms with Crippen LogP contribution in [0.15, 0.2) is 48.1 Å². The van der Waals surface area contributed by atoms with E-state index >= 15 is 0 Å². The van der Waals surface area contributed by atoms with Crippen LogP contribution in [0.5, 0.6) is 0 Å². The molecule has 0 radical (unpaired) electrons. The van der Waals surface area contributed by atoms with Gasteiger partial charge in [-0.25, -0.2) is 19.7 Å². The lowest BCUT2D eigenvalue weighted by molar-refractivity contribution is 0.0479. The first-order valence-electron chi connectivity index (χ1n) is 7.59. The number of fused-ring (bicyclic) bond motifs is 1. The Balaban J connectivity index is 1.53. The van der Waals surface area contributed by atoms with Crippen LogP contribution >= 0.6 is 22.7 Å². The number of ether oxygens (including phenoxy) is 1. The lowest BCUT2D eigenvalue weighted by Crippen LogP contribution is -2.04. The molecule has 0 saturated carbocycles. The third-order valence-electron chi connectivity index (χ3n) is 3.66. The summed E-state index contributed by atoms with van der Waals surface area (Å²) < 4.78 is 6.69. The summed E-state index contributed by atoms with van der Waals surface area (Å²) in [6.45, 7) is 2.04. The summed E-state index contributed by atoms with van der Waals surface area (Å²) in [4.78, 5) is 25.7. The molecule has 0 aliphatic rings. The van der Waals surface area contributed by atoms with Gasteiger partial charge in [-0.3, -0.25) is 0 Å². The molecule has 124 valence electrons. The average molecular weight is 367 g/mol. The van der Waals surface area contributed by atoms with Crippen molar-refractivity contribution in [1.82, 2.24) is 15.0 Å². The Morgan fingerprint density at radius 2 is 1.96 bits per heavy atom. The Hall–Kier alpha value is -2.64. The maximum atomic E-state index is 12.5. The number of carbonyl (C=O) groups excluding carboxylic acids is 1. The molecule has 0 atom stereocenters. The molecule has 0 bridgehead atoms. The van der Waals surface area contributed by atoms with E-state index in [0.29, 0.717) is 21.4 Å². The van der Waals surface area contributed by atoms with Crippen molar-refractivity contribution >= 4 is 38.7 Å². The average Bonchev–Trinajstić information content (AvgIpc) is 3.24. The van der Waals surface area contributed by atoms with Crippen molar-refractivity contribution in [3.8, 4) is 10.8 Å². The van der Waals surface area contributed by atoms with Crippen molar-refractivity contribution in [1.29, 1.82) is 0 Å². The summed E-state index contributed by atoms with van der Waals surface area (Å²) in [5.74, 6) is 0.144. The second kappa shape index (κ2) is 6.70. The van der Waals surface area contributed by atoms with E-state index in [9.17, 15) is 4.79 Å². The van der Waals surface area contributed by atoms with Gasteiger partial charge in [-0.1, -0.05) is 18.2 Å². The van der Waals surface area contributed by atoms with Gasteiger partial charge in [0.05, 0.1) is 5.69 Å². The SMILES string of the molecule is Cc1nc(-c2ncccn2)sc1C(=O)OCc1csc2ccccc12. The molecule has 0 spiro atoms. The molecule has 1 aromatic carbocycles. The molecule has 4 rings (SSSR count). The van der Waals surface area contributed by atoms with E-state index in [1.54, 1.807) is 36.7 Å². The number of benzene rings is 1. The van der Waals surface area contributed by atoms with E-state index in [-0.39, 0.29) is 12.6 Å². The Labute approximate surface area is 152 Å². The van der Waals surface area contributed by atoms with Gasteiger partial charge >= 0.3 is 5.97 Å². The standard InChI is InChI=1S/C18H13N3O2S2/c1-11-15(25-17(21-11)16-19-7-4-8-20-16)18(22)23-9-12-10-24-14-6-3-2-5-13(12)14/h2-8,10H,9H2,1H3. The maximum Gasteiger partial charge on any atom is 0.350 e. The molecule has 0 saturated heterocycles. The largest absolute Gasteiger partial charge is 0.457 e. The summed E-state index contributed by atoms with van der Waals surface area (Å²) in [5, 5.41) is 3.77. The van der Waals surface area contributed by atoms with Crippen molar-refractivity contribution in [2.75, 3.05) is 0 Å². The number of thiophene rings is 1. The molecule has 0 N–H and O–H groups in total. The summed E-state index contributed by atoms with van der Waals surface area (Å²) in [6.07, 6.45) is 3.30. The topological polar surface area (TPSA) is 65.0 Å². The number of thiazole rings is 1. The number of hydrogen-bond acceptors (Lipinski definition) is 7. The molecular weight excluding hydrogens is 354 g/mol. The highest BCUT2D eigenvalue weighted by molar-refractivity contribution is 7.17. The van der Waals surface area contributed by atoms with Crippen LogP contribution in [0, 0.1) is 6.92 Å². The van der Waals surface area contributed by atoms with Gasteiger partial charge in [-0.2, -0.15) is 0 Å². The molecule has 0 unspecified atom stereocenters. The van der Waals surface area contributed by atoms with Gasteiger partial charge in [0.1, 0.15) is 11.5 Å². The number of hydrogen-bond donors (Lipinski definition) is 0. The van der Waals surface area contributed by atoms with Gasteiger partial charge in [-0.15, -0.1) is 22.7 Å². The number of aryl methyl sites for hydroxylation is 1. The zero-order valence-corrected chi connectivity index (χ0v) is 14.9. The minimum atomic E-state index is -0.368. The van der Waals surface area contributed by atoms with E-state index < -0.39 is 0 Å². The second-order valence-electron chi connectivity index (χ2n) is 5.34. The molecule has 4 aromatic rings. The third kappa shape index (κ3) is 3.16. The smallest absolute Gasteiger partial charge is 0.350 e. The summed E-state index contributed by atoms with van der Waals surface area (Å²) in [7, 11) is 0. The van der Waals surface area contributed by atoms with Crippen LogP contribution in [0.2, 0.25) is 0 Å². The van der Waals surface area contributed by atoms with Crippen molar-refractivity contribution in [2.45, 2.75) is 13.5 Å². The van der Waals surface area contributed by atoms with Crippen LogP contribution in [-0.4, -0.2) is 20.9 Å². The lowest BCUT2D eigenvalue weighted by Gasteiger charge is -2.03. The molecule has 25 heavy (non-hydrogen) atoms. The zero-order chi connectivity index (χ0) is 17.2. The summed E-state index contributed by atoms with van der Waals surface area (Å²) in [6, 6.07) is 9.83. The van der Waals surface area contributed by atoms with Gasteiger partial charge in [0, 0.05) is 22.7 Å². The number of carbonyl (C=O) groups is 1. The first-order valence-corrected chi connectivity index (χ1v) is 9.29. The fourth-order valence-corrected chi connectivity index (χ4v) is 4.30. The van der Waals surface area contributed by atoms with E-state index in [4.69, 9.17) is 4.74 Å². The molecule has 5 nitrogen and oxygen atoms in total. The highest BCUT2D eigenvalue weighted by atomic mass is 32.1. The van der Waals surface area contributed by atoms with Gasteiger partial charge in [0.15, 0.2) is 10.8 Å². The Bertz CT molecular complexity index is 1040. The molecule has 3 heterocycles. The highest BCUT2D eigenvalue weighted by Gasteiger charge is 2.19. The predicted octanol–water partition coefficient (Wildman–Crippen LogP) is 4.48. The summed E-state index contributed by atoms with van der Waals surface area (Å²) in [5.41, 5.74) is 1.65. The monoisotopic (exact) mass is 367 g/mol. The lowest BCUT2D eigenvalue weighted by atomic mass is 10.2. The van der Waals surface area contributed by atoms with Crippen molar-refractivity contribution in [3.05, 3.63) is 64.2 Å². The number of esters is 1. The summed E-state index contributed by atoms with van der Waals surface area (Å²) >= 11 is 2.90. The van der Waals surface area contributed by atoms with Gasteiger partial charge < -0.3 is 4.74 Å². The molecule has 7 heteroatoms. The predicted molar refractivity (Wildman–Crippen MR) is 98.8 cm³/mol. The number of rotatable bonds is 4. The highest BCUT2D eigenvalue weighted by Crippen LogP contribution is 2.28. The molecule has 0 aliphatic heterocycles. The van der Waals surface area contributed by atoms with Crippen LogP contribution in [0.25, 0.3) is 20.9 Å². The quantitative estimate of drug-likeness (QED) is 0.498. The Kier molecular flexibility index (Phi) is 4.25. The van der Waals surface area contributed by atoms with Crippen LogP contribution < -0.4 is 0 Å². The minimum Gasteiger partial charge on any atom is -0.457 e. The molecule has 0 aliphatic carbocycles. The van der Waals surface area contributed by atoms with E-state index in [1.165, 1.54) is 16.0 Å². The minimum absolute atomic E-state index is 0.247. The maximum absolute atomic E-state index is 12.5. The first kappa shape index (κ1) is 15.9. The fourth-order valence-electron chi connectivity index (χ4n) is 2.44. The zero-order valence-electron chi connectivity index (χ0n) is 13.3. The Morgan fingerprint density at radius 3 is 2.80 bits per heavy atom. The van der Waals surface area contributed by atoms with E-state index in [1.807, 2.05) is 23.6 Å².